The molecule has 0 heterocycles. The third-order valence-electron chi connectivity index (χ3n) is 4.03. The SMILES string of the molecule is CCCOc1ccc(C2(O)CCC(CC)C2)cc1. The highest BCUT2D eigenvalue weighted by Crippen LogP contribution is 2.43. The lowest BCUT2D eigenvalue weighted by atomic mass is 9.90. The minimum Gasteiger partial charge on any atom is -0.494 e. The average molecular weight is 248 g/mol. The van der Waals surface area contributed by atoms with E-state index in [1.807, 2.05) is 24.3 Å². The zero-order chi connectivity index (χ0) is 13.0. The molecule has 1 saturated carbocycles. The van der Waals surface area contributed by atoms with Crippen LogP contribution >= 0.6 is 0 Å². The Balaban J connectivity index is 2.05. The van der Waals surface area contributed by atoms with Crippen LogP contribution in [0.3, 0.4) is 0 Å². The zero-order valence-corrected chi connectivity index (χ0v) is 11.5. The predicted octanol–water partition coefficient (Wildman–Crippen LogP) is 3.87. The van der Waals surface area contributed by atoms with Crippen molar-refractivity contribution >= 4 is 0 Å². The lowest BCUT2D eigenvalue weighted by Gasteiger charge is -2.23. The molecule has 100 valence electrons. The number of hydrogen-bond acceptors (Lipinski definition) is 2. The van der Waals surface area contributed by atoms with Crippen LogP contribution in [-0.4, -0.2) is 11.7 Å². The first-order chi connectivity index (χ1) is 8.68. The van der Waals surface area contributed by atoms with Crippen LogP contribution < -0.4 is 4.74 Å². The van der Waals surface area contributed by atoms with Crippen molar-refractivity contribution in [1.82, 2.24) is 0 Å². The fourth-order valence-electron chi connectivity index (χ4n) is 2.82. The van der Waals surface area contributed by atoms with E-state index in [2.05, 4.69) is 13.8 Å². The number of ether oxygens (including phenoxy) is 1. The Kier molecular flexibility index (Phi) is 4.28. The van der Waals surface area contributed by atoms with Crippen LogP contribution in [0.15, 0.2) is 24.3 Å². The molecule has 2 heteroatoms. The summed E-state index contributed by atoms with van der Waals surface area (Å²) in [5, 5.41) is 10.7. The molecule has 1 aromatic rings. The van der Waals surface area contributed by atoms with Gasteiger partial charge in [0.15, 0.2) is 0 Å². The fraction of sp³-hybridized carbons (Fsp3) is 0.625. The Morgan fingerprint density at radius 2 is 2.00 bits per heavy atom. The van der Waals surface area contributed by atoms with Crippen molar-refractivity contribution in [2.45, 2.75) is 51.6 Å². The van der Waals surface area contributed by atoms with Crippen molar-refractivity contribution in [2.24, 2.45) is 5.92 Å². The second kappa shape index (κ2) is 5.75. The van der Waals surface area contributed by atoms with Gasteiger partial charge in [0.05, 0.1) is 12.2 Å². The molecule has 0 aromatic heterocycles. The Labute approximate surface area is 110 Å². The Morgan fingerprint density at radius 3 is 2.56 bits per heavy atom. The van der Waals surface area contributed by atoms with Crippen molar-refractivity contribution in [3.8, 4) is 5.75 Å². The van der Waals surface area contributed by atoms with E-state index < -0.39 is 5.60 Å². The molecule has 2 unspecified atom stereocenters. The molecule has 2 atom stereocenters. The maximum absolute atomic E-state index is 10.7. The molecule has 0 aliphatic heterocycles. The molecule has 1 aliphatic rings. The number of aliphatic hydroxyl groups is 1. The third kappa shape index (κ3) is 2.86. The highest BCUT2D eigenvalue weighted by Gasteiger charge is 2.37. The van der Waals surface area contributed by atoms with Crippen LogP contribution in [-0.2, 0) is 5.60 Å². The molecule has 0 radical (unpaired) electrons. The molecule has 1 aliphatic carbocycles. The zero-order valence-electron chi connectivity index (χ0n) is 11.5. The van der Waals surface area contributed by atoms with Crippen LogP contribution in [0.25, 0.3) is 0 Å². The van der Waals surface area contributed by atoms with Gasteiger partial charge in [0, 0.05) is 0 Å². The lowest BCUT2D eigenvalue weighted by molar-refractivity contribution is 0.0397. The second-order valence-electron chi connectivity index (χ2n) is 5.42. The van der Waals surface area contributed by atoms with Crippen molar-refractivity contribution in [3.63, 3.8) is 0 Å². The van der Waals surface area contributed by atoms with E-state index in [-0.39, 0.29) is 0 Å². The number of benzene rings is 1. The van der Waals surface area contributed by atoms with Gasteiger partial charge >= 0.3 is 0 Å². The van der Waals surface area contributed by atoms with Gasteiger partial charge in [-0.1, -0.05) is 32.4 Å². The molecule has 0 bridgehead atoms. The van der Waals surface area contributed by atoms with Gasteiger partial charge in [0.1, 0.15) is 5.75 Å². The molecule has 18 heavy (non-hydrogen) atoms. The van der Waals surface area contributed by atoms with E-state index in [4.69, 9.17) is 4.74 Å². The first-order valence-corrected chi connectivity index (χ1v) is 7.13. The van der Waals surface area contributed by atoms with Gasteiger partial charge in [-0.05, 0) is 49.3 Å². The minimum absolute atomic E-state index is 0.607. The summed E-state index contributed by atoms with van der Waals surface area (Å²) in [6, 6.07) is 7.98. The van der Waals surface area contributed by atoms with E-state index in [1.165, 1.54) is 6.42 Å². The summed E-state index contributed by atoms with van der Waals surface area (Å²) in [5.41, 5.74) is 0.437. The molecule has 1 aromatic carbocycles. The molecule has 2 nitrogen and oxygen atoms in total. The van der Waals surface area contributed by atoms with Gasteiger partial charge in [-0.2, -0.15) is 0 Å². The molecule has 1 fully saturated rings. The van der Waals surface area contributed by atoms with Gasteiger partial charge in [0.25, 0.3) is 0 Å². The lowest BCUT2D eigenvalue weighted by Crippen LogP contribution is -2.21. The number of rotatable bonds is 5. The van der Waals surface area contributed by atoms with Crippen LogP contribution in [0.5, 0.6) is 5.75 Å². The monoisotopic (exact) mass is 248 g/mol. The summed E-state index contributed by atoms with van der Waals surface area (Å²) in [7, 11) is 0. The van der Waals surface area contributed by atoms with Crippen LogP contribution in [0.2, 0.25) is 0 Å². The molecule has 1 N–H and O–H groups in total. The Bertz CT molecular complexity index is 371. The van der Waals surface area contributed by atoms with Gasteiger partial charge in [-0.25, -0.2) is 0 Å². The third-order valence-corrected chi connectivity index (χ3v) is 4.03. The van der Waals surface area contributed by atoms with Crippen molar-refractivity contribution in [3.05, 3.63) is 29.8 Å². The van der Waals surface area contributed by atoms with Crippen molar-refractivity contribution in [2.75, 3.05) is 6.61 Å². The average Bonchev–Trinajstić information content (AvgIpc) is 2.80. The summed E-state index contributed by atoms with van der Waals surface area (Å²) in [6.07, 6.45) is 5.12. The quantitative estimate of drug-likeness (QED) is 0.857. The minimum atomic E-state index is -0.607. The smallest absolute Gasteiger partial charge is 0.119 e. The van der Waals surface area contributed by atoms with Gasteiger partial charge in [0.2, 0.25) is 0 Å². The van der Waals surface area contributed by atoms with Gasteiger partial charge in [-0.3, -0.25) is 0 Å². The maximum Gasteiger partial charge on any atom is 0.119 e. The van der Waals surface area contributed by atoms with E-state index in [1.54, 1.807) is 0 Å². The van der Waals surface area contributed by atoms with E-state index in [9.17, 15) is 5.11 Å². The summed E-state index contributed by atoms with van der Waals surface area (Å²) in [6.45, 7) is 5.06. The second-order valence-corrected chi connectivity index (χ2v) is 5.42. The van der Waals surface area contributed by atoms with Gasteiger partial charge < -0.3 is 9.84 Å². The van der Waals surface area contributed by atoms with E-state index >= 15 is 0 Å². The first-order valence-electron chi connectivity index (χ1n) is 7.13. The predicted molar refractivity (Wildman–Crippen MR) is 73.8 cm³/mol. The van der Waals surface area contributed by atoms with Crippen LogP contribution in [0, 0.1) is 5.92 Å². The molecule has 0 spiro atoms. The summed E-state index contributed by atoms with van der Waals surface area (Å²) >= 11 is 0. The highest BCUT2D eigenvalue weighted by atomic mass is 16.5. The highest BCUT2D eigenvalue weighted by molar-refractivity contribution is 5.31. The van der Waals surface area contributed by atoms with Crippen molar-refractivity contribution < 1.29 is 9.84 Å². The standard InChI is InChI=1S/C16H24O2/c1-3-11-18-15-7-5-14(6-8-15)16(17)10-9-13(4-2)12-16/h5-8,13,17H,3-4,9-12H2,1-2H3. The summed E-state index contributed by atoms with van der Waals surface area (Å²) in [5.74, 6) is 1.57. The van der Waals surface area contributed by atoms with Crippen molar-refractivity contribution in [1.29, 1.82) is 0 Å². The largest absolute Gasteiger partial charge is 0.494 e. The first kappa shape index (κ1) is 13.4. The van der Waals surface area contributed by atoms with E-state index in [0.717, 1.165) is 43.6 Å². The summed E-state index contributed by atoms with van der Waals surface area (Å²) in [4.78, 5) is 0. The Morgan fingerprint density at radius 1 is 1.28 bits per heavy atom. The topological polar surface area (TPSA) is 29.5 Å². The van der Waals surface area contributed by atoms with E-state index in [0.29, 0.717) is 5.92 Å². The molecule has 0 saturated heterocycles. The van der Waals surface area contributed by atoms with Crippen LogP contribution in [0.4, 0.5) is 0 Å². The number of hydrogen-bond donors (Lipinski definition) is 1. The Hall–Kier alpha value is -1.02. The van der Waals surface area contributed by atoms with Crippen LogP contribution in [0.1, 0.15) is 51.5 Å². The van der Waals surface area contributed by atoms with Gasteiger partial charge in [-0.15, -0.1) is 0 Å². The summed E-state index contributed by atoms with van der Waals surface area (Å²) < 4.78 is 5.57. The normalized spacial score (nSPS) is 27.4. The molecular formula is C16H24O2. The molecule has 2 rings (SSSR count). The molecule has 0 amide bonds. The fourth-order valence-corrected chi connectivity index (χ4v) is 2.82. The molecular weight excluding hydrogens is 224 g/mol. The maximum atomic E-state index is 10.7.